The zero-order valence-corrected chi connectivity index (χ0v) is 12.8. The number of anilines is 1. The minimum Gasteiger partial charge on any atom is -0.481 e. The Labute approximate surface area is 129 Å². The van der Waals surface area contributed by atoms with Crippen molar-refractivity contribution in [3.8, 4) is 0 Å². The minimum absolute atomic E-state index is 0.0815. The summed E-state index contributed by atoms with van der Waals surface area (Å²) in [6, 6.07) is 4.37. The quantitative estimate of drug-likeness (QED) is 0.874. The van der Waals surface area contributed by atoms with Gasteiger partial charge in [-0.2, -0.15) is 0 Å². The predicted molar refractivity (Wildman–Crippen MR) is 78.2 cm³/mol. The highest BCUT2D eigenvalue weighted by Crippen LogP contribution is 2.52. The van der Waals surface area contributed by atoms with Crippen LogP contribution in [0.15, 0.2) is 22.7 Å². The van der Waals surface area contributed by atoms with E-state index in [2.05, 4.69) is 21.2 Å². The molecule has 6 heteroatoms. The Morgan fingerprint density at radius 1 is 1.24 bits per heavy atom. The fourth-order valence-electron chi connectivity index (χ4n) is 3.83. The van der Waals surface area contributed by atoms with Gasteiger partial charge in [0.2, 0.25) is 5.91 Å². The Kier molecular flexibility index (Phi) is 3.73. The highest BCUT2D eigenvalue weighted by molar-refractivity contribution is 9.10. The van der Waals surface area contributed by atoms with Crippen molar-refractivity contribution < 1.29 is 19.1 Å². The summed E-state index contributed by atoms with van der Waals surface area (Å²) in [6.45, 7) is 0. The molecule has 2 saturated carbocycles. The lowest BCUT2D eigenvalue weighted by atomic mass is 9.78. The van der Waals surface area contributed by atoms with Crippen LogP contribution in [-0.2, 0) is 9.59 Å². The van der Waals surface area contributed by atoms with E-state index in [1.807, 2.05) is 0 Å². The van der Waals surface area contributed by atoms with Crippen LogP contribution < -0.4 is 5.32 Å². The molecular weight excluding hydrogens is 341 g/mol. The summed E-state index contributed by atoms with van der Waals surface area (Å²) in [7, 11) is 0. The summed E-state index contributed by atoms with van der Waals surface area (Å²) in [5, 5.41) is 11.9. The predicted octanol–water partition coefficient (Wildman–Crippen LogP) is 3.27. The Balaban J connectivity index is 1.80. The fraction of sp³-hybridized carbons (Fsp3) is 0.467. The molecular formula is C15H15BrFNO3. The van der Waals surface area contributed by atoms with Crippen LogP contribution in [0.4, 0.5) is 10.1 Å². The molecule has 0 heterocycles. The molecule has 4 atom stereocenters. The number of hydrogen-bond donors (Lipinski definition) is 2. The number of amides is 1. The molecule has 0 aromatic heterocycles. The number of benzene rings is 1. The lowest BCUT2D eigenvalue weighted by Crippen LogP contribution is -2.38. The van der Waals surface area contributed by atoms with E-state index in [0.29, 0.717) is 4.47 Å². The van der Waals surface area contributed by atoms with Gasteiger partial charge in [-0.1, -0.05) is 15.9 Å². The van der Waals surface area contributed by atoms with Crippen LogP contribution in [0.2, 0.25) is 0 Å². The van der Waals surface area contributed by atoms with Crippen molar-refractivity contribution in [3.63, 3.8) is 0 Å². The van der Waals surface area contributed by atoms with Crippen LogP contribution in [0.5, 0.6) is 0 Å². The van der Waals surface area contributed by atoms with Gasteiger partial charge in [0.05, 0.1) is 17.5 Å². The number of carbonyl (C=O) groups excluding carboxylic acids is 1. The smallest absolute Gasteiger partial charge is 0.307 e. The molecule has 2 bridgehead atoms. The summed E-state index contributed by atoms with van der Waals surface area (Å²) in [6.07, 6.45) is 2.55. The van der Waals surface area contributed by atoms with Crippen molar-refractivity contribution >= 4 is 33.5 Å². The number of rotatable bonds is 3. The van der Waals surface area contributed by atoms with Crippen LogP contribution in [0.3, 0.4) is 0 Å². The number of carboxylic acid groups (broad SMARTS) is 1. The Morgan fingerprint density at radius 3 is 2.52 bits per heavy atom. The third kappa shape index (κ3) is 2.57. The number of carboxylic acids is 1. The van der Waals surface area contributed by atoms with Gasteiger partial charge in [-0.25, -0.2) is 4.39 Å². The first-order valence-corrected chi connectivity index (χ1v) is 7.75. The first-order valence-electron chi connectivity index (χ1n) is 6.96. The highest BCUT2D eigenvalue weighted by atomic mass is 79.9. The van der Waals surface area contributed by atoms with E-state index >= 15 is 0 Å². The number of fused-ring (bicyclic) bond motifs is 2. The highest BCUT2D eigenvalue weighted by Gasteiger charge is 2.54. The van der Waals surface area contributed by atoms with Crippen molar-refractivity contribution in [3.05, 3.63) is 28.5 Å². The van der Waals surface area contributed by atoms with Crippen LogP contribution in [0.25, 0.3) is 0 Å². The third-order valence-electron chi connectivity index (χ3n) is 4.69. The zero-order chi connectivity index (χ0) is 15.1. The Morgan fingerprint density at radius 2 is 1.90 bits per heavy atom. The second kappa shape index (κ2) is 5.40. The van der Waals surface area contributed by atoms with E-state index < -0.39 is 23.6 Å². The second-order valence-corrected chi connectivity index (χ2v) is 6.75. The molecule has 0 aliphatic heterocycles. The third-order valence-corrected chi connectivity index (χ3v) is 5.19. The van der Waals surface area contributed by atoms with E-state index in [4.69, 9.17) is 0 Å². The molecule has 1 amide bonds. The molecule has 2 aliphatic carbocycles. The molecule has 0 radical (unpaired) electrons. The molecule has 112 valence electrons. The summed E-state index contributed by atoms with van der Waals surface area (Å²) >= 11 is 3.15. The monoisotopic (exact) mass is 355 g/mol. The molecule has 0 saturated heterocycles. The van der Waals surface area contributed by atoms with Crippen molar-refractivity contribution in [1.82, 2.24) is 0 Å². The van der Waals surface area contributed by atoms with E-state index in [0.717, 1.165) is 19.3 Å². The number of nitrogens with one attached hydrogen (secondary N) is 1. The lowest BCUT2D eigenvalue weighted by Gasteiger charge is -2.27. The number of hydrogen-bond acceptors (Lipinski definition) is 2. The van der Waals surface area contributed by atoms with E-state index in [9.17, 15) is 19.1 Å². The molecule has 1 aromatic carbocycles. The Bertz CT molecular complexity index is 607. The molecule has 21 heavy (non-hydrogen) atoms. The van der Waals surface area contributed by atoms with E-state index in [-0.39, 0.29) is 23.4 Å². The van der Waals surface area contributed by atoms with E-state index in [1.54, 1.807) is 6.07 Å². The average Bonchev–Trinajstić information content (AvgIpc) is 3.02. The molecule has 3 rings (SSSR count). The molecule has 2 N–H and O–H groups in total. The lowest BCUT2D eigenvalue weighted by molar-refractivity contribution is -0.148. The van der Waals surface area contributed by atoms with Gasteiger partial charge in [0.15, 0.2) is 0 Å². The number of aliphatic carboxylic acids is 1. The molecule has 4 nitrogen and oxygen atoms in total. The summed E-state index contributed by atoms with van der Waals surface area (Å²) in [5.41, 5.74) is 0.0927. The zero-order valence-electron chi connectivity index (χ0n) is 11.2. The largest absolute Gasteiger partial charge is 0.481 e. The number of halogens is 2. The normalized spacial score (nSPS) is 30.4. The average molecular weight is 356 g/mol. The van der Waals surface area contributed by atoms with Gasteiger partial charge < -0.3 is 10.4 Å². The van der Waals surface area contributed by atoms with Gasteiger partial charge in [0, 0.05) is 4.47 Å². The van der Waals surface area contributed by atoms with Gasteiger partial charge in [0.25, 0.3) is 0 Å². The topological polar surface area (TPSA) is 66.4 Å². The molecule has 2 aliphatic rings. The Hall–Kier alpha value is -1.43. The summed E-state index contributed by atoms with van der Waals surface area (Å²) in [4.78, 5) is 23.8. The van der Waals surface area contributed by atoms with E-state index in [1.165, 1.54) is 12.1 Å². The summed E-state index contributed by atoms with van der Waals surface area (Å²) < 4.78 is 14.4. The molecule has 0 unspecified atom stereocenters. The van der Waals surface area contributed by atoms with Gasteiger partial charge in [-0.05, 0) is 49.3 Å². The van der Waals surface area contributed by atoms with Crippen molar-refractivity contribution in [2.45, 2.75) is 19.3 Å². The van der Waals surface area contributed by atoms with Crippen LogP contribution in [0.1, 0.15) is 19.3 Å². The van der Waals surface area contributed by atoms with Crippen LogP contribution >= 0.6 is 15.9 Å². The molecule has 0 spiro atoms. The van der Waals surface area contributed by atoms with Gasteiger partial charge in [-0.15, -0.1) is 0 Å². The molecule has 2 fully saturated rings. The van der Waals surface area contributed by atoms with Gasteiger partial charge >= 0.3 is 5.97 Å². The maximum atomic E-state index is 13.8. The maximum Gasteiger partial charge on any atom is 0.307 e. The first-order chi connectivity index (χ1) is 9.97. The fourth-order valence-corrected chi connectivity index (χ4v) is 4.16. The number of carbonyl (C=O) groups is 2. The van der Waals surface area contributed by atoms with Gasteiger partial charge in [-0.3, -0.25) is 9.59 Å². The SMILES string of the molecule is O=C(O)[C@@H]1[C@H]2CC[C@@H](C2)[C@H]1C(=O)Nc1ccc(Br)cc1F. The molecule has 1 aromatic rings. The van der Waals surface area contributed by atoms with Gasteiger partial charge in [0.1, 0.15) is 5.82 Å². The summed E-state index contributed by atoms with van der Waals surface area (Å²) in [5.74, 6) is -2.83. The van der Waals surface area contributed by atoms with Crippen molar-refractivity contribution in [1.29, 1.82) is 0 Å². The van der Waals surface area contributed by atoms with Crippen LogP contribution in [0, 0.1) is 29.5 Å². The second-order valence-electron chi connectivity index (χ2n) is 5.84. The first kappa shape index (κ1) is 14.5. The van der Waals surface area contributed by atoms with Crippen LogP contribution in [-0.4, -0.2) is 17.0 Å². The standard InChI is InChI=1S/C15H15BrFNO3/c16-9-3-4-11(10(17)6-9)18-14(19)12-7-1-2-8(5-7)13(12)15(20)21/h3-4,6-8,12-13H,1-2,5H2,(H,18,19)(H,20,21)/t7-,8-,12+,13+/m0/s1. The van der Waals surface area contributed by atoms with Crippen molar-refractivity contribution in [2.75, 3.05) is 5.32 Å². The van der Waals surface area contributed by atoms with Crippen molar-refractivity contribution in [2.24, 2.45) is 23.7 Å². The minimum atomic E-state index is -0.918. The maximum absolute atomic E-state index is 13.8.